The Hall–Kier alpha value is -0.910. The summed E-state index contributed by atoms with van der Waals surface area (Å²) in [5.41, 5.74) is -0.980. The molecule has 2 aliphatic rings. The van der Waals surface area contributed by atoms with Crippen LogP contribution in [0.4, 0.5) is 4.79 Å². The molecule has 2 atom stereocenters. The summed E-state index contributed by atoms with van der Waals surface area (Å²) < 4.78 is 0. The van der Waals surface area contributed by atoms with E-state index in [1.165, 1.54) is 0 Å². The molecule has 2 amide bonds. The van der Waals surface area contributed by atoms with E-state index in [4.69, 9.17) is 0 Å². The van der Waals surface area contributed by atoms with Crippen LogP contribution in [-0.2, 0) is 4.79 Å². The number of carboxylic acids is 1. The molecule has 0 aromatic heterocycles. The fourth-order valence-electron chi connectivity index (χ4n) is 3.33. The van der Waals surface area contributed by atoms with Crippen molar-refractivity contribution < 1.29 is 14.7 Å². The van der Waals surface area contributed by atoms with Crippen molar-refractivity contribution in [1.29, 1.82) is 0 Å². The number of aliphatic carboxylic acids is 1. The van der Waals surface area contributed by atoms with Gasteiger partial charge >= 0.3 is 12.0 Å². The molecule has 114 valence electrons. The third kappa shape index (κ3) is 2.62. The predicted octanol–water partition coefficient (Wildman–Crippen LogP) is 2.26. The summed E-state index contributed by atoms with van der Waals surface area (Å²) in [5.74, 6) is 1.20. The fourth-order valence-corrected chi connectivity index (χ4v) is 4.60. The topological polar surface area (TPSA) is 60.9 Å². The fraction of sp³-hybridized carbons (Fsp3) is 0.857. The van der Waals surface area contributed by atoms with Crippen LogP contribution in [0.1, 0.15) is 39.0 Å². The molecule has 2 saturated heterocycles. The lowest BCUT2D eigenvalue weighted by Crippen LogP contribution is -2.57. The number of carboxylic acid groups (broad SMARTS) is 1. The quantitative estimate of drug-likeness (QED) is 0.865. The summed E-state index contributed by atoms with van der Waals surface area (Å²) in [4.78, 5) is 27.8. The predicted molar refractivity (Wildman–Crippen MR) is 80.1 cm³/mol. The molecular weight excluding hydrogens is 276 g/mol. The molecule has 0 bridgehead atoms. The minimum atomic E-state index is -0.980. The van der Waals surface area contributed by atoms with Crippen molar-refractivity contribution in [2.24, 2.45) is 0 Å². The van der Waals surface area contributed by atoms with Crippen molar-refractivity contribution in [3.63, 3.8) is 0 Å². The lowest BCUT2D eigenvalue weighted by atomic mass is 9.91. The molecule has 2 unspecified atom stereocenters. The normalized spacial score (nSPS) is 29.7. The Balaban J connectivity index is 2.16. The molecule has 20 heavy (non-hydrogen) atoms. The first-order valence-corrected chi connectivity index (χ1v) is 8.54. The maximum Gasteiger partial charge on any atom is 0.329 e. The van der Waals surface area contributed by atoms with Gasteiger partial charge in [0.2, 0.25) is 0 Å². The van der Waals surface area contributed by atoms with Crippen molar-refractivity contribution in [3.8, 4) is 0 Å². The molecular formula is C14H24N2O3S. The van der Waals surface area contributed by atoms with Gasteiger partial charge in [0.05, 0.1) is 0 Å². The molecule has 2 fully saturated rings. The minimum Gasteiger partial charge on any atom is -0.479 e. The minimum absolute atomic E-state index is 0.106. The Morgan fingerprint density at radius 2 is 2.25 bits per heavy atom. The summed E-state index contributed by atoms with van der Waals surface area (Å²) in [6.07, 6.45) is 3.69. The third-order valence-corrected chi connectivity index (χ3v) is 5.68. The molecule has 1 N–H and O–H groups in total. The van der Waals surface area contributed by atoms with E-state index in [1.54, 1.807) is 9.80 Å². The van der Waals surface area contributed by atoms with E-state index in [1.807, 2.05) is 25.7 Å². The Morgan fingerprint density at radius 1 is 1.50 bits per heavy atom. The molecule has 6 heteroatoms. The molecule has 0 aliphatic carbocycles. The lowest BCUT2D eigenvalue weighted by molar-refractivity contribution is -0.148. The van der Waals surface area contributed by atoms with Crippen LogP contribution in [0.5, 0.6) is 0 Å². The van der Waals surface area contributed by atoms with E-state index in [9.17, 15) is 14.7 Å². The maximum absolute atomic E-state index is 12.7. The number of hydrogen-bond acceptors (Lipinski definition) is 3. The van der Waals surface area contributed by atoms with Gasteiger partial charge in [0.25, 0.3) is 0 Å². The highest BCUT2D eigenvalue weighted by Crippen LogP contribution is 2.35. The molecule has 0 saturated carbocycles. The summed E-state index contributed by atoms with van der Waals surface area (Å²) in [6, 6.07) is 0.145. The highest BCUT2D eigenvalue weighted by Gasteiger charge is 2.50. The van der Waals surface area contributed by atoms with E-state index < -0.39 is 11.5 Å². The Bertz CT molecular complexity index is 385. The van der Waals surface area contributed by atoms with Crippen molar-refractivity contribution in [2.75, 3.05) is 25.1 Å². The smallest absolute Gasteiger partial charge is 0.329 e. The molecule has 0 aromatic rings. The van der Waals surface area contributed by atoms with Crippen LogP contribution in [-0.4, -0.2) is 63.6 Å². The first-order valence-electron chi connectivity index (χ1n) is 7.38. The number of amides is 2. The van der Waals surface area contributed by atoms with E-state index in [2.05, 4.69) is 0 Å². The van der Waals surface area contributed by atoms with Crippen LogP contribution < -0.4 is 0 Å². The lowest BCUT2D eigenvalue weighted by Gasteiger charge is -2.38. The van der Waals surface area contributed by atoms with Gasteiger partial charge < -0.3 is 14.9 Å². The number of urea groups is 1. The van der Waals surface area contributed by atoms with Crippen LogP contribution in [0.15, 0.2) is 0 Å². The second-order valence-corrected chi connectivity index (χ2v) is 6.90. The highest BCUT2D eigenvalue weighted by atomic mass is 32.2. The van der Waals surface area contributed by atoms with Crippen LogP contribution in [0, 0.1) is 0 Å². The second-order valence-electron chi connectivity index (χ2n) is 5.75. The standard InChI is InChI=1S/C14H24N2O3S/c1-3-6-14(12(17)18)7-4-8-16(14)13(19)15(2)11-5-9-20-10-11/h11H,3-10H2,1-2H3,(H,17,18). The van der Waals surface area contributed by atoms with Gasteiger partial charge in [-0.25, -0.2) is 9.59 Å². The zero-order chi connectivity index (χ0) is 14.8. The van der Waals surface area contributed by atoms with Crippen molar-refractivity contribution >= 4 is 23.8 Å². The third-order valence-electron chi connectivity index (χ3n) is 4.54. The van der Waals surface area contributed by atoms with Gasteiger partial charge in [-0.05, 0) is 31.4 Å². The number of carbonyl (C=O) groups excluding carboxylic acids is 1. The van der Waals surface area contributed by atoms with Crippen LogP contribution in [0.25, 0.3) is 0 Å². The van der Waals surface area contributed by atoms with E-state index in [0.717, 1.165) is 30.8 Å². The molecule has 0 spiro atoms. The number of carbonyl (C=O) groups is 2. The molecule has 0 radical (unpaired) electrons. The zero-order valence-corrected chi connectivity index (χ0v) is 13.1. The molecule has 2 rings (SSSR count). The SMILES string of the molecule is CCCC1(C(=O)O)CCCN1C(=O)N(C)C1CCSC1. The van der Waals surface area contributed by atoms with Gasteiger partial charge in [-0.15, -0.1) is 0 Å². The number of nitrogens with zero attached hydrogens (tertiary/aromatic N) is 2. The van der Waals surface area contributed by atoms with Gasteiger partial charge in [-0.1, -0.05) is 13.3 Å². The average molecular weight is 300 g/mol. The Kier molecular flexibility index (Phi) is 4.83. The Morgan fingerprint density at radius 3 is 2.80 bits per heavy atom. The summed E-state index contributed by atoms with van der Waals surface area (Å²) in [7, 11) is 1.82. The number of likely N-dealkylation sites (tertiary alicyclic amines) is 1. The largest absolute Gasteiger partial charge is 0.479 e. The van der Waals surface area contributed by atoms with Crippen molar-refractivity contribution in [1.82, 2.24) is 9.80 Å². The molecule has 5 nitrogen and oxygen atoms in total. The maximum atomic E-state index is 12.7. The summed E-state index contributed by atoms with van der Waals surface area (Å²) in [6.45, 7) is 2.54. The highest BCUT2D eigenvalue weighted by molar-refractivity contribution is 7.99. The number of hydrogen-bond donors (Lipinski definition) is 1. The van der Waals surface area contributed by atoms with Gasteiger partial charge in [0.1, 0.15) is 5.54 Å². The monoisotopic (exact) mass is 300 g/mol. The summed E-state index contributed by atoms with van der Waals surface area (Å²) >= 11 is 1.86. The molecule has 2 heterocycles. The van der Waals surface area contributed by atoms with E-state index in [0.29, 0.717) is 19.4 Å². The first-order chi connectivity index (χ1) is 9.53. The second kappa shape index (κ2) is 6.24. The van der Waals surface area contributed by atoms with Crippen molar-refractivity contribution in [2.45, 2.75) is 50.6 Å². The molecule has 2 aliphatic heterocycles. The van der Waals surface area contributed by atoms with Gasteiger partial charge in [0.15, 0.2) is 0 Å². The average Bonchev–Trinajstić information content (AvgIpc) is 3.07. The van der Waals surface area contributed by atoms with E-state index in [-0.39, 0.29) is 12.1 Å². The number of rotatable bonds is 4. The van der Waals surface area contributed by atoms with Crippen LogP contribution >= 0.6 is 11.8 Å². The van der Waals surface area contributed by atoms with E-state index >= 15 is 0 Å². The van der Waals surface area contributed by atoms with Gasteiger partial charge in [0, 0.05) is 25.4 Å². The molecule has 0 aromatic carbocycles. The number of thioether (sulfide) groups is 1. The zero-order valence-electron chi connectivity index (χ0n) is 12.3. The van der Waals surface area contributed by atoms with Crippen LogP contribution in [0.2, 0.25) is 0 Å². The van der Waals surface area contributed by atoms with Gasteiger partial charge in [-0.3, -0.25) is 0 Å². The Labute approximate surface area is 124 Å². The van der Waals surface area contributed by atoms with Crippen molar-refractivity contribution in [3.05, 3.63) is 0 Å². The summed E-state index contributed by atoms with van der Waals surface area (Å²) in [5, 5.41) is 9.64. The van der Waals surface area contributed by atoms with Crippen LogP contribution in [0.3, 0.4) is 0 Å². The van der Waals surface area contributed by atoms with Gasteiger partial charge in [-0.2, -0.15) is 11.8 Å². The first kappa shape index (κ1) is 15.5.